The summed E-state index contributed by atoms with van der Waals surface area (Å²) in [4.78, 5) is 27.4. The molecular weight excluding hydrogens is 504 g/mol. The molecule has 2 aromatic carbocycles. The second kappa shape index (κ2) is 10.7. The molecule has 1 aromatic heterocycles. The lowest BCUT2D eigenvalue weighted by Crippen LogP contribution is -2.46. The summed E-state index contributed by atoms with van der Waals surface area (Å²) in [6.07, 6.45) is 0.0485. The van der Waals surface area contributed by atoms with E-state index in [1.165, 1.54) is 27.4 Å². The van der Waals surface area contributed by atoms with Crippen LogP contribution >= 0.6 is 11.3 Å². The molecule has 0 saturated carbocycles. The number of rotatable bonds is 10. The molecule has 1 unspecified atom stereocenters. The lowest BCUT2D eigenvalue weighted by molar-refractivity contribution is -0.122. The molecular formula is C25H26N2O7S2. The zero-order valence-electron chi connectivity index (χ0n) is 20.0. The van der Waals surface area contributed by atoms with Gasteiger partial charge in [0.25, 0.3) is 15.9 Å². The quantitative estimate of drug-likeness (QED) is 0.371. The van der Waals surface area contributed by atoms with Gasteiger partial charge in [-0.15, -0.1) is 11.3 Å². The zero-order chi connectivity index (χ0) is 25.9. The highest BCUT2D eigenvalue weighted by molar-refractivity contribution is 7.91. The van der Waals surface area contributed by atoms with Crippen LogP contribution in [0.2, 0.25) is 0 Å². The van der Waals surface area contributed by atoms with E-state index in [4.69, 9.17) is 14.2 Å². The second-order valence-corrected chi connectivity index (χ2v) is 11.0. The van der Waals surface area contributed by atoms with Gasteiger partial charge in [0.15, 0.2) is 11.5 Å². The van der Waals surface area contributed by atoms with Crippen LogP contribution in [0, 0.1) is 0 Å². The summed E-state index contributed by atoms with van der Waals surface area (Å²) >= 11 is 1.06. The fraction of sp³-hybridized carbons (Fsp3) is 0.280. The minimum absolute atomic E-state index is 0.00411. The van der Waals surface area contributed by atoms with Crippen molar-refractivity contribution in [2.24, 2.45) is 0 Å². The standard InChI is InChI=1S/C25H26N2O7S2/c1-32-19-9-7-18(8-10-19)27-23(28)16-20(25(27)29)26(36(30,31)24-5-4-14-35-24)13-12-17-6-11-21(33-2)22(15-17)34-3/h4-11,14-15,20H,12-13,16H2,1-3H3. The molecule has 11 heteroatoms. The Bertz CT molecular complexity index is 1340. The van der Waals surface area contributed by atoms with Gasteiger partial charge in [0, 0.05) is 6.54 Å². The number of imide groups is 1. The van der Waals surface area contributed by atoms with Gasteiger partial charge in [0.1, 0.15) is 16.0 Å². The summed E-state index contributed by atoms with van der Waals surface area (Å²) < 4.78 is 44.2. The number of carbonyl (C=O) groups excluding carboxylic acids is 2. The molecule has 190 valence electrons. The lowest BCUT2D eigenvalue weighted by atomic mass is 10.1. The Labute approximate surface area is 213 Å². The van der Waals surface area contributed by atoms with Crippen molar-refractivity contribution in [2.45, 2.75) is 23.1 Å². The van der Waals surface area contributed by atoms with E-state index in [1.807, 2.05) is 6.07 Å². The van der Waals surface area contributed by atoms with Crippen LogP contribution in [0.3, 0.4) is 0 Å². The topological polar surface area (TPSA) is 102 Å². The number of sulfonamides is 1. The van der Waals surface area contributed by atoms with Gasteiger partial charge in [-0.25, -0.2) is 13.3 Å². The van der Waals surface area contributed by atoms with Crippen molar-refractivity contribution in [1.82, 2.24) is 4.31 Å². The maximum atomic E-state index is 13.6. The Morgan fingerprint density at radius 1 is 0.972 bits per heavy atom. The minimum atomic E-state index is -4.04. The number of amides is 2. The van der Waals surface area contributed by atoms with E-state index in [2.05, 4.69) is 0 Å². The van der Waals surface area contributed by atoms with Crippen molar-refractivity contribution in [1.29, 1.82) is 0 Å². The van der Waals surface area contributed by atoms with Gasteiger partial charge in [-0.1, -0.05) is 12.1 Å². The predicted octanol–water partition coefficient (Wildman–Crippen LogP) is 3.34. The molecule has 1 saturated heterocycles. The van der Waals surface area contributed by atoms with Gasteiger partial charge in [-0.2, -0.15) is 4.31 Å². The molecule has 0 spiro atoms. The van der Waals surface area contributed by atoms with Crippen LogP contribution < -0.4 is 19.1 Å². The molecule has 9 nitrogen and oxygen atoms in total. The summed E-state index contributed by atoms with van der Waals surface area (Å²) in [6.45, 7) is -0.00411. The minimum Gasteiger partial charge on any atom is -0.497 e. The van der Waals surface area contributed by atoms with E-state index in [0.717, 1.165) is 26.1 Å². The number of carbonyl (C=O) groups is 2. The Morgan fingerprint density at radius 3 is 2.31 bits per heavy atom. The molecule has 0 bridgehead atoms. The number of hydrogen-bond donors (Lipinski definition) is 0. The third-order valence-corrected chi connectivity index (χ3v) is 9.21. The summed E-state index contributed by atoms with van der Waals surface area (Å²) in [6, 6.07) is 13.7. The Kier molecular flexibility index (Phi) is 7.62. The first-order valence-corrected chi connectivity index (χ1v) is 13.4. The highest BCUT2D eigenvalue weighted by atomic mass is 32.2. The second-order valence-electron chi connectivity index (χ2n) is 7.97. The molecule has 1 fully saturated rings. The highest BCUT2D eigenvalue weighted by Crippen LogP contribution is 2.32. The van der Waals surface area contributed by atoms with Crippen LogP contribution in [0.4, 0.5) is 5.69 Å². The molecule has 0 aliphatic carbocycles. The SMILES string of the molecule is COc1ccc(N2C(=O)CC(N(CCc3ccc(OC)c(OC)c3)S(=O)(=O)c3cccs3)C2=O)cc1. The van der Waals surface area contributed by atoms with E-state index < -0.39 is 27.9 Å². The summed E-state index contributed by atoms with van der Waals surface area (Å²) in [5.74, 6) is 0.591. The van der Waals surface area contributed by atoms with Crippen molar-refractivity contribution < 1.29 is 32.2 Å². The number of benzene rings is 2. The molecule has 2 heterocycles. The fourth-order valence-corrected chi connectivity index (χ4v) is 6.79. The Hall–Kier alpha value is -3.41. The summed E-state index contributed by atoms with van der Waals surface area (Å²) in [5, 5.41) is 1.66. The van der Waals surface area contributed by atoms with Crippen LogP contribution in [-0.2, 0) is 26.0 Å². The van der Waals surface area contributed by atoms with Gasteiger partial charge in [0.05, 0.1) is 33.4 Å². The maximum absolute atomic E-state index is 13.6. The molecule has 36 heavy (non-hydrogen) atoms. The predicted molar refractivity (Wildman–Crippen MR) is 135 cm³/mol. The number of hydrogen-bond acceptors (Lipinski definition) is 8. The molecule has 4 rings (SSSR count). The van der Waals surface area contributed by atoms with Crippen molar-refractivity contribution in [2.75, 3.05) is 32.8 Å². The molecule has 0 radical (unpaired) electrons. The van der Waals surface area contributed by atoms with Crippen LogP contribution in [0.5, 0.6) is 17.2 Å². The van der Waals surface area contributed by atoms with Crippen LogP contribution in [-0.4, -0.2) is 58.5 Å². The fourth-order valence-electron chi connectivity index (χ4n) is 4.09. The molecule has 1 aliphatic rings. The first-order valence-electron chi connectivity index (χ1n) is 11.1. The number of methoxy groups -OCH3 is 3. The van der Waals surface area contributed by atoms with Gasteiger partial charge < -0.3 is 14.2 Å². The van der Waals surface area contributed by atoms with Gasteiger partial charge in [0.2, 0.25) is 5.91 Å². The van der Waals surface area contributed by atoms with E-state index >= 15 is 0 Å². The van der Waals surface area contributed by atoms with Crippen LogP contribution in [0.1, 0.15) is 12.0 Å². The van der Waals surface area contributed by atoms with E-state index in [0.29, 0.717) is 29.4 Å². The smallest absolute Gasteiger partial charge is 0.253 e. The van der Waals surface area contributed by atoms with Crippen LogP contribution in [0.15, 0.2) is 64.2 Å². The molecule has 0 N–H and O–H groups in total. The maximum Gasteiger partial charge on any atom is 0.253 e. The van der Waals surface area contributed by atoms with Gasteiger partial charge >= 0.3 is 0 Å². The first kappa shape index (κ1) is 25.7. The summed E-state index contributed by atoms with van der Waals surface area (Å²) in [5.41, 5.74) is 1.16. The third kappa shape index (κ3) is 4.95. The van der Waals surface area contributed by atoms with Gasteiger partial charge in [-0.3, -0.25) is 9.59 Å². The van der Waals surface area contributed by atoms with Crippen molar-refractivity contribution in [3.63, 3.8) is 0 Å². The number of thiophene rings is 1. The molecule has 1 aliphatic heterocycles. The van der Waals surface area contributed by atoms with Crippen molar-refractivity contribution in [3.8, 4) is 17.2 Å². The van der Waals surface area contributed by atoms with E-state index in [9.17, 15) is 18.0 Å². The number of anilines is 1. The number of ether oxygens (including phenoxy) is 3. The van der Waals surface area contributed by atoms with Crippen molar-refractivity contribution in [3.05, 3.63) is 65.5 Å². The monoisotopic (exact) mass is 530 g/mol. The summed E-state index contributed by atoms with van der Waals surface area (Å²) in [7, 11) is 0.532. The molecule has 1 atom stereocenters. The normalized spacial score (nSPS) is 16.0. The average molecular weight is 531 g/mol. The lowest BCUT2D eigenvalue weighted by Gasteiger charge is -2.26. The van der Waals surface area contributed by atoms with E-state index in [1.54, 1.807) is 47.8 Å². The largest absolute Gasteiger partial charge is 0.497 e. The van der Waals surface area contributed by atoms with E-state index in [-0.39, 0.29) is 17.2 Å². The molecule has 2 amide bonds. The zero-order valence-corrected chi connectivity index (χ0v) is 21.7. The average Bonchev–Trinajstić information content (AvgIpc) is 3.53. The Morgan fingerprint density at radius 2 is 1.69 bits per heavy atom. The first-order chi connectivity index (χ1) is 17.3. The third-order valence-electron chi connectivity index (χ3n) is 5.93. The van der Waals surface area contributed by atoms with Gasteiger partial charge in [-0.05, 0) is 59.8 Å². The molecule has 3 aromatic rings. The van der Waals surface area contributed by atoms with Crippen molar-refractivity contribution >= 4 is 38.9 Å². The number of nitrogens with zero attached hydrogens (tertiary/aromatic N) is 2. The highest BCUT2D eigenvalue weighted by Gasteiger charge is 2.47. The van der Waals surface area contributed by atoms with Crippen LogP contribution in [0.25, 0.3) is 0 Å². The Balaban J connectivity index is 1.65.